The number of hydrogen-bond donors (Lipinski definition) is 4. The molecule has 0 bridgehead atoms. The number of halogens is 6. The second-order valence-corrected chi connectivity index (χ2v) is 29.9. The number of hydrogen-bond acceptors (Lipinski definition) is 20. The number of carbonyl (C=O) groups excluding carboxylic acids is 3. The lowest BCUT2D eigenvalue weighted by Gasteiger charge is -2.22. The maximum Gasteiger partial charge on any atom is 0.422 e. The van der Waals surface area contributed by atoms with E-state index in [1.165, 1.54) is 65.2 Å². The van der Waals surface area contributed by atoms with Crippen LogP contribution in [0.2, 0.25) is 0 Å². The molecule has 4 aliphatic carbocycles. The largest absolute Gasteiger partial charge is 0.484 e. The number of amides is 1. The number of benzene rings is 4. The number of Topliss-reactive ketones (excluding diaryl/α,β-unsaturated/α-hetero) is 2. The molecule has 12 rings (SSSR count). The minimum absolute atomic E-state index is 0.0442. The maximum absolute atomic E-state index is 13.1. The van der Waals surface area contributed by atoms with E-state index in [2.05, 4.69) is 50.3 Å². The standard InChI is InChI=1S/C37H45F3N6O6S.C34H38F3N5O5/c1-25(2)53(49,50)45-32(48)22-51-29-11-9-28(10-12-29)36(17-18-36)44-33-41-31(42-34(43-33)52-24-37(38,39)40)21-26-5-7-27(8-6-26)30(47)13-14-35(15-16-35)23-46-19-3-4-20-46;35-34(36,37)22-47-31-39-28(38-30(40-31)41-33(15-16-33)25-7-9-26(10-8-25)46-20-29(44)45)19-23-3-5-24(6-4-23)27(43)11-12-32(13-14-32)21-42-17-1-2-18-42/h5-12,25H,3-4,13-24H2,1-2H3,(H,45,48)(H,41,42,43,44);3-10H,1-2,11-22H2,(H,44,45)(H,38,39,40,41). The number of alkyl halides is 6. The van der Waals surface area contributed by atoms with Gasteiger partial charge >= 0.3 is 30.3 Å². The summed E-state index contributed by atoms with van der Waals surface area (Å²) >= 11 is 0. The van der Waals surface area contributed by atoms with Gasteiger partial charge in [0.25, 0.3) is 5.91 Å². The van der Waals surface area contributed by atoms with Crippen molar-refractivity contribution < 1.29 is 78.0 Å². The van der Waals surface area contributed by atoms with Crippen LogP contribution in [-0.4, -0.2) is 160 Å². The highest BCUT2D eigenvalue weighted by Gasteiger charge is 2.48. The van der Waals surface area contributed by atoms with E-state index >= 15 is 0 Å². The molecule has 4 saturated carbocycles. The summed E-state index contributed by atoms with van der Waals surface area (Å²) in [4.78, 5) is 79.5. The first kappa shape index (κ1) is 72.7. The van der Waals surface area contributed by atoms with Crippen LogP contribution >= 0.6 is 0 Å². The van der Waals surface area contributed by atoms with Gasteiger partial charge < -0.3 is 44.5 Å². The van der Waals surface area contributed by atoms with E-state index in [0.29, 0.717) is 48.3 Å². The van der Waals surface area contributed by atoms with Gasteiger partial charge in [-0.3, -0.25) is 14.4 Å². The number of nitrogens with one attached hydrogen (secondary N) is 3. The van der Waals surface area contributed by atoms with Crippen molar-refractivity contribution in [1.29, 1.82) is 0 Å². The SMILES string of the molecule is CC(C)S(=O)(=O)NC(=O)COc1ccc(C2(Nc3nc(Cc4ccc(C(=O)CCC5(CN6CCCC6)CC5)cc4)nc(OCC(F)(F)F)n3)CC2)cc1.O=C(O)COc1ccc(C2(Nc3nc(Cc4ccc(C(=O)CCC5(CN6CCCC6)CC5)cc4)nc(OCC(F)(F)F)n3)CC2)cc1. The Morgan fingerprint density at radius 3 is 1.24 bits per heavy atom. The van der Waals surface area contributed by atoms with E-state index in [0.717, 1.165) is 87.2 Å². The number of carbonyl (C=O) groups is 4. The van der Waals surface area contributed by atoms with E-state index < -0.39 is 89.0 Å². The number of likely N-dealkylation sites (tertiary alicyclic amines) is 2. The van der Waals surface area contributed by atoms with Gasteiger partial charge in [-0.25, -0.2) is 17.9 Å². The van der Waals surface area contributed by atoms with Gasteiger partial charge in [-0.15, -0.1) is 0 Å². The van der Waals surface area contributed by atoms with Crippen molar-refractivity contribution in [2.75, 3.05) is 76.3 Å². The van der Waals surface area contributed by atoms with Gasteiger partial charge in [-0.05, 0) is 187 Å². The summed E-state index contributed by atoms with van der Waals surface area (Å²) in [7, 11) is -3.78. The fourth-order valence-corrected chi connectivity index (χ4v) is 13.3. The van der Waals surface area contributed by atoms with Gasteiger partial charge in [-0.2, -0.15) is 56.2 Å². The summed E-state index contributed by atoms with van der Waals surface area (Å²) in [6, 6.07) is 27.1. The van der Waals surface area contributed by atoms with Crippen LogP contribution in [0.25, 0.3) is 0 Å². The first-order valence-corrected chi connectivity index (χ1v) is 35.5. The smallest absolute Gasteiger partial charge is 0.422 e. The Bertz CT molecular complexity index is 3950. The van der Waals surface area contributed by atoms with E-state index in [-0.39, 0.29) is 58.8 Å². The molecule has 4 heterocycles. The van der Waals surface area contributed by atoms with Crippen LogP contribution in [0.5, 0.6) is 23.5 Å². The molecular weight excluding hydrogens is 1330 g/mol. The van der Waals surface area contributed by atoms with Crippen LogP contribution in [0.1, 0.15) is 171 Å². The zero-order valence-electron chi connectivity index (χ0n) is 55.9. The van der Waals surface area contributed by atoms with Crippen molar-refractivity contribution in [2.24, 2.45) is 10.8 Å². The number of sulfonamides is 1. The number of ether oxygens (including phenoxy) is 4. The summed E-state index contributed by atoms with van der Waals surface area (Å²) < 4.78 is 124. The van der Waals surface area contributed by atoms with E-state index in [1.807, 2.05) is 16.9 Å². The highest BCUT2D eigenvalue weighted by atomic mass is 32.2. The highest BCUT2D eigenvalue weighted by molar-refractivity contribution is 7.90. The molecule has 4 N–H and O–H groups in total. The molecule has 2 saturated heterocycles. The van der Waals surface area contributed by atoms with Crippen molar-refractivity contribution >= 4 is 45.4 Å². The summed E-state index contributed by atoms with van der Waals surface area (Å²) in [5, 5.41) is 14.6. The summed E-state index contributed by atoms with van der Waals surface area (Å²) in [6.45, 7) is 5.62. The molecule has 0 atom stereocenters. The molecule has 6 fully saturated rings. The molecule has 1 amide bonds. The molecular formula is C71H83F6N11O11S. The van der Waals surface area contributed by atoms with E-state index in [1.54, 1.807) is 84.9 Å². The Kier molecular flexibility index (Phi) is 22.3. The number of anilines is 2. The molecule has 0 unspecified atom stereocenters. The molecule has 22 nitrogen and oxygen atoms in total. The number of carboxylic acids is 1. The predicted octanol–water partition coefficient (Wildman–Crippen LogP) is 11.4. The van der Waals surface area contributed by atoms with Crippen LogP contribution in [0, 0.1) is 10.8 Å². The Balaban J connectivity index is 0.000000203. The zero-order valence-corrected chi connectivity index (χ0v) is 56.7. The summed E-state index contributed by atoms with van der Waals surface area (Å²) in [6.07, 6.45) is 6.51. The van der Waals surface area contributed by atoms with Crippen molar-refractivity contribution in [3.8, 4) is 23.5 Å². The average Bonchev–Trinajstić information content (AvgIpc) is 1.61. The van der Waals surface area contributed by atoms with Gasteiger partial charge in [0.1, 0.15) is 23.1 Å². The molecule has 29 heteroatoms. The van der Waals surface area contributed by atoms with Crippen molar-refractivity contribution in [2.45, 2.75) is 158 Å². The first-order valence-electron chi connectivity index (χ1n) is 34.0. The average molecular weight is 1410 g/mol. The minimum Gasteiger partial charge on any atom is -0.484 e. The lowest BCUT2D eigenvalue weighted by molar-refractivity contribution is -0.155. The third-order valence-electron chi connectivity index (χ3n) is 19.1. The first-order chi connectivity index (χ1) is 47.6. The second-order valence-electron chi connectivity index (χ2n) is 27.6. The van der Waals surface area contributed by atoms with Crippen molar-refractivity contribution in [3.63, 3.8) is 0 Å². The van der Waals surface area contributed by atoms with Gasteiger partial charge in [0, 0.05) is 49.9 Å². The molecule has 0 spiro atoms. The molecule has 2 aromatic heterocycles. The van der Waals surface area contributed by atoms with Crippen LogP contribution in [0.3, 0.4) is 0 Å². The quantitative estimate of drug-likeness (QED) is 0.0216. The fraction of sp³-hybridized carbons (Fsp3) is 0.521. The molecule has 6 aliphatic rings. The number of rotatable bonds is 34. The number of ketones is 2. The third kappa shape index (κ3) is 21.0. The fourth-order valence-electron chi connectivity index (χ4n) is 12.7. The number of aliphatic carboxylic acids is 1. The predicted molar refractivity (Wildman–Crippen MR) is 356 cm³/mol. The minimum atomic E-state index is -4.60. The monoisotopic (exact) mass is 1410 g/mol. The second kappa shape index (κ2) is 30.7. The normalized spacial score (nSPS) is 17.9. The Morgan fingerprint density at radius 1 is 0.520 bits per heavy atom. The molecule has 6 aromatic rings. The molecule has 2 aliphatic heterocycles. The topological polar surface area (TPSA) is 279 Å². The van der Waals surface area contributed by atoms with Crippen molar-refractivity contribution in [3.05, 3.63) is 142 Å². The number of nitrogens with zero attached hydrogens (tertiary/aromatic N) is 8. The van der Waals surface area contributed by atoms with Gasteiger partial charge in [0.2, 0.25) is 21.9 Å². The summed E-state index contributed by atoms with van der Waals surface area (Å²) in [5.41, 5.74) is 3.87. The number of carboxylic acid groups (broad SMARTS) is 1. The van der Waals surface area contributed by atoms with Crippen molar-refractivity contribution in [1.82, 2.24) is 44.4 Å². The summed E-state index contributed by atoms with van der Waals surface area (Å²) in [5.74, 6) is -0.430. The van der Waals surface area contributed by atoms with Crippen LogP contribution < -0.4 is 34.3 Å². The van der Waals surface area contributed by atoms with Crippen LogP contribution in [0.4, 0.5) is 38.2 Å². The van der Waals surface area contributed by atoms with Crippen LogP contribution in [0.15, 0.2) is 97.1 Å². The van der Waals surface area contributed by atoms with Gasteiger partial charge in [0.05, 0.1) is 16.3 Å². The molecule has 536 valence electrons. The Labute approximate surface area is 576 Å². The molecule has 100 heavy (non-hydrogen) atoms. The lowest BCUT2D eigenvalue weighted by atomic mass is 9.95. The highest BCUT2D eigenvalue weighted by Crippen LogP contribution is 2.53. The number of aromatic nitrogens is 6. The molecule has 4 aromatic carbocycles. The van der Waals surface area contributed by atoms with E-state index in [9.17, 15) is 53.9 Å². The third-order valence-corrected chi connectivity index (χ3v) is 20.9. The van der Waals surface area contributed by atoms with Gasteiger partial charge in [-0.1, -0.05) is 72.8 Å². The van der Waals surface area contributed by atoms with Gasteiger partial charge in [0.15, 0.2) is 38.0 Å². The lowest BCUT2D eigenvalue weighted by Crippen LogP contribution is -2.38. The molecule has 0 radical (unpaired) electrons. The van der Waals surface area contributed by atoms with Crippen LogP contribution in [-0.2, 0) is 43.5 Å². The van der Waals surface area contributed by atoms with E-state index in [4.69, 9.17) is 24.1 Å². The Hall–Kier alpha value is -8.57. The maximum atomic E-state index is 13.1. The Morgan fingerprint density at radius 2 is 0.900 bits per heavy atom. The zero-order chi connectivity index (χ0) is 70.9.